The smallest absolute Gasteiger partial charge is 0.241 e. The van der Waals surface area contributed by atoms with Crippen molar-refractivity contribution in [1.82, 2.24) is 4.90 Å². The maximum atomic E-state index is 14.6. The zero-order valence-electron chi connectivity index (χ0n) is 25.2. The number of carbonyl (C=O) groups is 4. The normalized spacial score (nSPS) is 28.6. The van der Waals surface area contributed by atoms with Crippen molar-refractivity contribution >= 4 is 52.3 Å². The van der Waals surface area contributed by atoms with Gasteiger partial charge in [-0.15, -0.1) is 11.3 Å². The molecule has 6 atom stereocenters. The number of allylic oxidation sites excluding steroid dienone is 2. The van der Waals surface area contributed by atoms with E-state index in [9.17, 15) is 28.7 Å². The second-order valence-electron chi connectivity index (χ2n) is 12.4. The summed E-state index contributed by atoms with van der Waals surface area (Å²) >= 11 is 7.54. The van der Waals surface area contributed by atoms with Crippen molar-refractivity contribution in [3.63, 3.8) is 0 Å². The number of hydrogen-bond acceptors (Lipinski definition) is 8. The summed E-state index contributed by atoms with van der Waals surface area (Å²) in [7, 11) is 2.79. The molecule has 238 valence electrons. The minimum atomic E-state index is -1.36. The average Bonchev–Trinajstić information content (AvgIpc) is 3.70. The molecule has 1 N–H and O–H groups in total. The Morgan fingerprint density at radius 3 is 2.37 bits per heavy atom. The van der Waals surface area contributed by atoms with E-state index in [0.29, 0.717) is 12.0 Å². The Hall–Kier alpha value is -4.22. The van der Waals surface area contributed by atoms with Crippen molar-refractivity contribution in [2.24, 2.45) is 29.1 Å². The van der Waals surface area contributed by atoms with Crippen molar-refractivity contribution in [2.45, 2.75) is 32.2 Å². The number of imide groups is 2. The van der Waals surface area contributed by atoms with E-state index in [0.717, 1.165) is 21.4 Å². The van der Waals surface area contributed by atoms with Crippen molar-refractivity contribution < 1.29 is 38.1 Å². The maximum Gasteiger partial charge on any atom is 0.241 e. The highest BCUT2D eigenvalue weighted by Crippen LogP contribution is 2.64. The number of phenolic OH excluding ortho intramolecular Hbond substituents is 1. The number of aromatic hydroxyl groups is 1. The first-order valence-corrected chi connectivity index (χ1v) is 16.1. The van der Waals surface area contributed by atoms with Crippen LogP contribution in [0, 0.1) is 34.9 Å². The van der Waals surface area contributed by atoms with Crippen LogP contribution in [0.5, 0.6) is 17.2 Å². The first kappa shape index (κ1) is 30.4. The van der Waals surface area contributed by atoms with E-state index >= 15 is 0 Å². The SMILES string of the molecule is COc1cc(C2C3=CCC4C(=O)N(Cc5cccs5)C(=O)C4C3CC3C(=O)N(c4ccc(F)c(Cl)c4)C(=O)C32C)cc(OC)c1O. The van der Waals surface area contributed by atoms with Gasteiger partial charge in [-0.25, -0.2) is 9.29 Å². The summed E-state index contributed by atoms with van der Waals surface area (Å²) in [6, 6.07) is 10.7. The fourth-order valence-corrected chi connectivity index (χ4v) is 8.99. The van der Waals surface area contributed by atoms with Crippen LogP contribution in [-0.4, -0.2) is 47.9 Å². The van der Waals surface area contributed by atoms with Crippen LogP contribution in [0.25, 0.3) is 0 Å². The summed E-state index contributed by atoms with van der Waals surface area (Å²) in [6.07, 6.45) is 2.40. The highest BCUT2D eigenvalue weighted by Gasteiger charge is 2.67. The third kappa shape index (κ3) is 4.24. The number of likely N-dealkylation sites (tertiary alicyclic amines) is 1. The number of hydrogen-bond donors (Lipinski definition) is 1. The van der Waals surface area contributed by atoms with Gasteiger partial charge in [-0.05, 0) is 73.0 Å². The Labute approximate surface area is 273 Å². The van der Waals surface area contributed by atoms with E-state index in [-0.39, 0.29) is 52.7 Å². The van der Waals surface area contributed by atoms with E-state index < -0.39 is 52.6 Å². The molecular weight excluding hydrogens is 635 g/mol. The van der Waals surface area contributed by atoms with Crippen LogP contribution < -0.4 is 14.4 Å². The number of nitrogens with zero attached hydrogens (tertiary/aromatic N) is 2. The lowest BCUT2D eigenvalue weighted by Gasteiger charge is -2.49. The summed E-state index contributed by atoms with van der Waals surface area (Å²) in [5.74, 6) is -5.69. The molecule has 12 heteroatoms. The minimum Gasteiger partial charge on any atom is -0.502 e. The number of rotatable bonds is 6. The number of methoxy groups -OCH3 is 2. The Balaban J connectivity index is 1.38. The van der Waals surface area contributed by atoms with Crippen LogP contribution in [0.2, 0.25) is 5.02 Å². The van der Waals surface area contributed by atoms with Gasteiger partial charge >= 0.3 is 0 Å². The summed E-state index contributed by atoms with van der Waals surface area (Å²) < 4.78 is 25.0. The molecule has 2 saturated heterocycles. The minimum absolute atomic E-state index is 0.110. The molecule has 7 rings (SSSR count). The quantitative estimate of drug-likeness (QED) is 0.266. The van der Waals surface area contributed by atoms with Crippen LogP contribution in [0.1, 0.15) is 36.1 Å². The number of halogens is 2. The van der Waals surface area contributed by atoms with Gasteiger partial charge in [-0.1, -0.05) is 29.3 Å². The molecule has 0 bridgehead atoms. The molecule has 1 saturated carbocycles. The molecule has 2 aliphatic heterocycles. The lowest BCUT2D eigenvalue weighted by molar-refractivity contribution is -0.141. The van der Waals surface area contributed by atoms with Gasteiger partial charge in [0.15, 0.2) is 11.5 Å². The van der Waals surface area contributed by atoms with Crippen LogP contribution in [-0.2, 0) is 25.7 Å². The zero-order valence-corrected chi connectivity index (χ0v) is 26.7. The largest absolute Gasteiger partial charge is 0.502 e. The molecule has 2 aliphatic carbocycles. The molecule has 4 aliphatic rings. The summed E-state index contributed by atoms with van der Waals surface area (Å²) in [5, 5.41) is 12.4. The monoisotopic (exact) mass is 664 g/mol. The number of phenols is 1. The number of thiophene rings is 1. The number of carbonyl (C=O) groups excluding carboxylic acids is 4. The number of anilines is 1. The Bertz CT molecular complexity index is 1820. The molecule has 3 heterocycles. The van der Waals surface area contributed by atoms with Gasteiger partial charge < -0.3 is 14.6 Å². The highest BCUT2D eigenvalue weighted by molar-refractivity contribution is 7.09. The molecule has 0 radical (unpaired) electrons. The van der Waals surface area contributed by atoms with Crippen molar-refractivity contribution in [2.75, 3.05) is 19.1 Å². The Morgan fingerprint density at radius 2 is 1.74 bits per heavy atom. The molecule has 4 amide bonds. The molecule has 2 aromatic carbocycles. The van der Waals surface area contributed by atoms with Gasteiger partial charge in [0.25, 0.3) is 0 Å². The summed E-state index contributed by atoms with van der Waals surface area (Å²) in [6.45, 7) is 1.91. The topological polar surface area (TPSA) is 113 Å². The second-order valence-corrected chi connectivity index (χ2v) is 13.8. The Morgan fingerprint density at radius 1 is 1.02 bits per heavy atom. The van der Waals surface area contributed by atoms with E-state index in [1.807, 2.05) is 23.6 Å². The van der Waals surface area contributed by atoms with E-state index in [2.05, 4.69) is 0 Å². The molecule has 46 heavy (non-hydrogen) atoms. The number of fused-ring (bicyclic) bond motifs is 4. The summed E-state index contributed by atoms with van der Waals surface area (Å²) in [4.78, 5) is 59.9. The van der Waals surface area contributed by atoms with Crippen LogP contribution in [0.4, 0.5) is 10.1 Å². The Kier molecular flexibility index (Phi) is 7.24. The molecule has 3 fully saturated rings. The molecule has 9 nitrogen and oxygen atoms in total. The first-order chi connectivity index (χ1) is 22.0. The fourth-order valence-electron chi connectivity index (χ4n) is 8.13. The highest BCUT2D eigenvalue weighted by atomic mass is 35.5. The average molecular weight is 665 g/mol. The molecule has 0 spiro atoms. The molecule has 1 aromatic heterocycles. The number of benzene rings is 2. The van der Waals surface area contributed by atoms with Crippen molar-refractivity contribution in [1.29, 1.82) is 0 Å². The second kappa shape index (κ2) is 10.9. The molecule has 3 aromatic rings. The lowest BCUT2D eigenvalue weighted by atomic mass is 9.51. The molecule has 6 unspecified atom stereocenters. The van der Waals surface area contributed by atoms with Crippen LogP contribution in [0.3, 0.4) is 0 Å². The van der Waals surface area contributed by atoms with Crippen LogP contribution in [0.15, 0.2) is 59.5 Å². The van der Waals surface area contributed by atoms with Gasteiger partial charge in [-0.3, -0.25) is 24.1 Å². The predicted octanol–water partition coefficient (Wildman–Crippen LogP) is 5.69. The van der Waals surface area contributed by atoms with Gasteiger partial charge in [0.1, 0.15) is 5.82 Å². The van der Waals surface area contributed by atoms with Crippen molar-refractivity contribution in [3.05, 3.63) is 80.8 Å². The number of amides is 4. The lowest BCUT2D eigenvalue weighted by Crippen LogP contribution is -2.48. The fraction of sp³-hybridized carbons (Fsp3) is 0.353. The number of ether oxygens (including phenoxy) is 2. The van der Waals surface area contributed by atoms with Gasteiger partial charge in [0.2, 0.25) is 29.4 Å². The van der Waals surface area contributed by atoms with Gasteiger partial charge in [0.05, 0.1) is 54.6 Å². The van der Waals surface area contributed by atoms with E-state index in [1.54, 1.807) is 19.1 Å². The third-order valence-electron chi connectivity index (χ3n) is 10.3. The zero-order chi connectivity index (χ0) is 32.7. The summed E-state index contributed by atoms with van der Waals surface area (Å²) in [5.41, 5.74) is 0.0955. The van der Waals surface area contributed by atoms with Crippen LogP contribution >= 0.6 is 22.9 Å². The van der Waals surface area contributed by atoms with Crippen molar-refractivity contribution in [3.8, 4) is 17.2 Å². The first-order valence-electron chi connectivity index (χ1n) is 14.9. The van der Waals surface area contributed by atoms with Gasteiger partial charge in [0, 0.05) is 10.8 Å². The molecular formula is C34H30ClFN2O7S. The van der Waals surface area contributed by atoms with E-state index in [1.165, 1.54) is 42.6 Å². The maximum absolute atomic E-state index is 14.6. The van der Waals surface area contributed by atoms with E-state index in [4.69, 9.17) is 21.1 Å². The van der Waals surface area contributed by atoms with Gasteiger partial charge in [-0.2, -0.15) is 0 Å². The predicted molar refractivity (Wildman–Crippen MR) is 167 cm³/mol. The third-order valence-corrected chi connectivity index (χ3v) is 11.4. The standard InChI is InChI=1S/C34H30ClFN2O7S/c1-34-22(31(41)38(33(34)43)17-6-9-24(36)23(35)13-17)14-21-19(28(34)16-11-25(44-2)29(39)26(12-16)45-3)7-8-20-27(21)32(42)37(30(20)40)15-18-5-4-10-46-18/h4-7,9-13,20-22,27-28,39H,8,14-15H2,1-3H3.